The van der Waals surface area contributed by atoms with Crippen molar-refractivity contribution in [3.8, 4) is 10.8 Å². The molecule has 1 fully saturated rings. The Hall–Kier alpha value is -1.86. The second kappa shape index (κ2) is 6.22. The molecule has 24 heavy (non-hydrogen) atoms. The molecule has 0 aromatic carbocycles. The average Bonchev–Trinajstić information content (AvgIpc) is 3.01. The van der Waals surface area contributed by atoms with Gasteiger partial charge in [-0.15, -0.1) is 21.5 Å². The molecule has 5 nitrogen and oxygen atoms in total. The van der Waals surface area contributed by atoms with Crippen molar-refractivity contribution in [1.82, 2.24) is 14.8 Å². The molecule has 1 aliphatic rings. The lowest BCUT2D eigenvalue weighted by Gasteiger charge is -2.07. The van der Waals surface area contributed by atoms with Gasteiger partial charge in [0.15, 0.2) is 5.78 Å². The van der Waals surface area contributed by atoms with Crippen molar-refractivity contribution in [1.29, 1.82) is 0 Å². The zero-order valence-corrected chi connectivity index (χ0v) is 15.1. The number of aryl methyl sites for hydroxylation is 1. The van der Waals surface area contributed by atoms with Gasteiger partial charge in [0, 0.05) is 23.0 Å². The third-order valence-electron chi connectivity index (χ3n) is 4.16. The minimum Gasteiger partial charge on any atom is -0.410 e. The van der Waals surface area contributed by atoms with E-state index in [2.05, 4.69) is 21.7 Å². The van der Waals surface area contributed by atoms with Crippen molar-refractivity contribution in [2.45, 2.75) is 38.0 Å². The third kappa shape index (κ3) is 2.93. The topological polar surface area (TPSA) is 60.9 Å². The number of hydrogen-bond acceptors (Lipinski definition) is 6. The van der Waals surface area contributed by atoms with Crippen LogP contribution < -0.4 is 0 Å². The van der Waals surface area contributed by atoms with Crippen LogP contribution in [0.3, 0.4) is 0 Å². The summed E-state index contributed by atoms with van der Waals surface area (Å²) < 4.78 is 7.91. The van der Waals surface area contributed by atoms with Crippen molar-refractivity contribution in [2.24, 2.45) is 0 Å². The van der Waals surface area contributed by atoms with Gasteiger partial charge in [0.05, 0.1) is 10.6 Å². The maximum Gasteiger partial charge on any atom is 0.277 e. The Morgan fingerprint density at radius 2 is 2.25 bits per heavy atom. The van der Waals surface area contributed by atoms with Crippen molar-refractivity contribution >= 4 is 28.9 Å². The summed E-state index contributed by atoms with van der Waals surface area (Å²) in [5.41, 5.74) is 3.05. The van der Waals surface area contributed by atoms with E-state index in [1.807, 2.05) is 30.5 Å². The highest BCUT2D eigenvalue weighted by atomic mass is 32.2. The standard InChI is InChI=1S/C17H17N3O2S2/c1-10-8-13(11(2)20(10)12-5-6-12)14(21)9-24-17-19-18-16(22-17)15-4-3-7-23-15/h3-4,7-8,12H,5-6,9H2,1-2H3. The lowest BCUT2D eigenvalue weighted by atomic mass is 10.2. The molecular formula is C17H17N3O2S2. The van der Waals surface area contributed by atoms with Crippen molar-refractivity contribution in [3.63, 3.8) is 0 Å². The van der Waals surface area contributed by atoms with Crippen LogP contribution in [0, 0.1) is 13.8 Å². The summed E-state index contributed by atoms with van der Waals surface area (Å²) in [5, 5.41) is 10.4. The maximum atomic E-state index is 12.6. The van der Waals surface area contributed by atoms with E-state index in [1.165, 1.54) is 30.3 Å². The van der Waals surface area contributed by atoms with E-state index in [-0.39, 0.29) is 5.78 Å². The molecule has 0 spiro atoms. The molecule has 4 rings (SSSR count). The van der Waals surface area contributed by atoms with Gasteiger partial charge in [-0.05, 0) is 44.2 Å². The van der Waals surface area contributed by atoms with Gasteiger partial charge in [-0.25, -0.2) is 0 Å². The van der Waals surface area contributed by atoms with Crippen molar-refractivity contribution in [3.05, 3.63) is 40.5 Å². The Kier molecular flexibility index (Phi) is 4.05. The van der Waals surface area contributed by atoms with E-state index in [1.54, 1.807) is 11.3 Å². The minimum absolute atomic E-state index is 0.107. The average molecular weight is 359 g/mol. The number of Topliss-reactive ketones (excluding diaryl/α,β-unsaturated/α-hetero) is 1. The van der Waals surface area contributed by atoms with Gasteiger partial charge in [-0.1, -0.05) is 17.8 Å². The second-order valence-corrected chi connectivity index (χ2v) is 7.82. The second-order valence-electron chi connectivity index (χ2n) is 5.95. The monoisotopic (exact) mass is 359 g/mol. The van der Waals surface area contributed by atoms with Gasteiger partial charge in [0.25, 0.3) is 11.1 Å². The van der Waals surface area contributed by atoms with Crippen LogP contribution in [-0.4, -0.2) is 26.3 Å². The molecule has 0 amide bonds. The van der Waals surface area contributed by atoms with Gasteiger partial charge >= 0.3 is 0 Å². The quantitative estimate of drug-likeness (QED) is 0.478. The Morgan fingerprint density at radius 3 is 2.96 bits per heavy atom. The largest absolute Gasteiger partial charge is 0.410 e. The summed E-state index contributed by atoms with van der Waals surface area (Å²) >= 11 is 2.85. The highest BCUT2D eigenvalue weighted by molar-refractivity contribution is 7.99. The highest BCUT2D eigenvalue weighted by Crippen LogP contribution is 2.38. The fourth-order valence-corrected chi connectivity index (χ4v) is 4.22. The summed E-state index contributed by atoms with van der Waals surface area (Å²) in [7, 11) is 0. The fraction of sp³-hybridized carbons (Fsp3) is 0.353. The molecule has 0 atom stereocenters. The smallest absolute Gasteiger partial charge is 0.277 e. The molecule has 0 aliphatic heterocycles. The first-order valence-corrected chi connectivity index (χ1v) is 9.72. The molecule has 0 unspecified atom stereocenters. The van der Waals surface area contributed by atoms with Crippen LogP contribution >= 0.6 is 23.1 Å². The number of thiophene rings is 1. The molecule has 3 aromatic heterocycles. The maximum absolute atomic E-state index is 12.6. The fourth-order valence-electron chi connectivity index (χ4n) is 2.93. The molecule has 3 aromatic rings. The molecule has 3 heterocycles. The number of hydrogen-bond donors (Lipinski definition) is 0. The van der Waals surface area contributed by atoms with Crippen LogP contribution in [0.25, 0.3) is 10.8 Å². The minimum atomic E-state index is 0.107. The number of ketones is 1. The third-order valence-corrected chi connectivity index (χ3v) is 5.84. The molecule has 1 saturated carbocycles. The molecule has 0 saturated heterocycles. The predicted molar refractivity (Wildman–Crippen MR) is 94.8 cm³/mol. The van der Waals surface area contributed by atoms with Crippen LogP contribution in [0.5, 0.6) is 0 Å². The van der Waals surface area contributed by atoms with E-state index in [0.717, 1.165) is 16.1 Å². The summed E-state index contributed by atoms with van der Waals surface area (Å²) in [4.78, 5) is 13.5. The van der Waals surface area contributed by atoms with Gasteiger partial charge in [0.2, 0.25) is 0 Å². The van der Waals surface area contributed by atoms with Crippen LogP contribution in [0.15, 0.2) is 33.2 Å². The summed E-state index contributed by atoms with van der Waals surface area (Å²) in [5.74, 6) is 0.920. The molecule has 7 heteroatoms. The van der Waals surface area contributed by atoms with E-state index < -0.39 is 0 Å². The van der Waals surface area contributed by atoms with Crippen molar-refractivity contribution in [2.75, 3.05) is 5.75 Å². The first-order chi connectivity index (χ1) is 11.6. The molecule has 1 aliphatic carbocycles. The van der Waals surface area contributed by atoms with E-state index in [4.69, 9.17) is 4.42 Å². The summed E-state index contributed by atoms with van der Waals surface area (Å²) in [6.07, 6.45) is 2.43. The van der Waals surface area contributed by atoms with Crippen LogP contribution in [0.1, 0.15) is 40.6 Å². The Labute approximate surface area is 148 Å². The SMILES string of the molecule is Cc1cc(C(=O)CSc2nnc(-c3cccs3)o2)c(C)n1C1CC1. The number of nitrogens with zero attached hydrogens (tertiary/aromatic N) is 3. The van der Waals surface area contributed by atoms with Gasteiger partial charge in [-0.3, -0.25) is 4.79 Å². The number of rotatable bonds is 6. The van der Waals surface area contributed by atoms with Crippen LogP contribution in [-0.2, 0) is 0 Å². The Morgan fingerprint density at radius 1 is 1.42 bits per heavy atom. The lowest BCUT2D eigenvalue weighted by molar-refractivity contribution is 0.102. The zero-order valence-electron chi connectivity index (χ0n) is 13.5. The van der Waals surface area contributed by atoms with Gasteiger partial charge in [-0.2, -0.15) is 0 Å². The van der Waals surface area contributed by atoms with Crippen LogP contribution in [0.2, 0.25) is 0 Å². The number of carbonyl (C=O) groups is 1. The zero-order chi connectivity index (χ0) is 16.7. The Balaban J connectivity index is 1.44. The van der Waals surface area contributed by atoms with E-state index >= 15 is 0 Å². The first-order valence-electron chi connectivity index (χ1n) is 7.85. The van der Waals surface area contributed by atoms with Crippen molar-refractivity contribution < 1.29 is 9.21 Å². The lowest BCUT2D eigenvalue weighted by Crippen LogP contribution is -2.05. The van der Waals surface area contributed by atoms with Gasteiger partial charge in [0.1, 0.15) is 0 Å². The summed E-state index contributed by atoms with van der Waals surface area (Å²) in [6, 6.07) is 6.46. The highest BCUT2D eigenvalue weighted by Gasteiger charge is 2.28. The van der Waals surface area contributed by atoms with E-state index in [9.17, 15) is 4.79 Å². The van der Waals surface area contributed by atoms with E-state index in [0.29, 0.717) is 22.9 Å². The normalized spacial score (nSPS) is 14.2. The first kappa shape index (κ1) is 15.7. The van der Waals surface area contributed by atoms with Gasteiger partial charge < -0.3 is 8.98 Å². The summed E-state index contributed by atoms with van der Waals surface area (Å²) in [6.45, 7) is 4.10. The van der Waals surface area contributed by atoms with Crippen LogP contribution in [0.4, 0.5) is 0 Å². The number of thioether (sulfide) groups is 1. The molecule has 0 radical (unpaired) electrons. The number of aromatic nitrogens is 3. The number of carbonyl (C=O) groups excluding carboxylic acids is 1. The Bertz CT molecular complexity index is 876. The molecule has 0 N–H and O–H groups in total. The molecule has 0 bridgehead atoms. The molecular weight excluding hydrogens is 342 g/mol. The molecule has 124 valence electrons. The predicted octanol–water partition coefficient (Wildman–Crippen LogP) is 4.53.